The molecule has 2 aromatic rings. The Morgan fingerprint density at radius 3 is 2.43 bits per heavy atom. The molecule has 5 rings (SSSR count). The first-order valence-corrected chi connectivity index (χ1v) is 11.8. The second-order valence-corrected chi connectivity index (χ2v) is 9.45. The summed E-state index contributed by atoms with van der Waals surface area (Å²) in [5.74, 6) is -1.32. The Morgan fingerprint density at radius 2 is 1.77 bits per heavy atom. The number of carbonyl (C=O) groups excluding carboxylic acids is 2. The molecule has 0 aromatic heterocycles. The first-order chi connectivity index (χ1) is 16.9. The Bertz CT molecular complexity index is 1160. The molecule has 1 fully saturated rings. The molecule has 2 amide bonds. The monoisotopic (exact) mass is 476 g/mol. The number of hydrogen-bond donors (Lipinski definition) is 2. The van der Waals surface area contributed by atoms with E-state index in [1.807, 2.05) is 30.3 Å². The number of morpholine rings is 1. The number of nitrogens with zero attached hydrogens (tertiary/aromatic N) is 1. The van der Waals surface area contributed by atoms with Crippen LogP contribution in [0.1, 0.15) is 36.8 Å². The lowest BCUT2D eigenvalue weighted by Crippen LogP contribution is -2.56. The van der Waals surface area contributed by atoms with Gasteiger partial charge in [-0.25, -0.2) is 9.59 Å². The molecule has 35 heavy (non-hydrogen) atoms. The van der Waals surface area contributed by atoms with Crippen molar-refractivity contribution < 1.29 is 29.0 Å². The fourth-order valence-corrected chi connectivity index (χ4v) is 5.18. The van der Waals surface area contributed by atoms with Crippen LogP contribution in [0.25, 0.3) is 11.1 Å². The first-order valence-electron chi connectivity index (χ1n) is 11.8. The molecule has 2 aliphatic carbocycles. The molecule has 2 atom stereocenters. The number of amides is 2. The minimum atomic E-state index is -1.41. The summed E-state index contributed by atoms with van der Waals surface area (Å²) in [5.41, 5.74) is 3.80. The molecule has 3 aliphatic rings. The van der Waals surface area contributed by atoms with Crippen molar-refractivity contribution in [3.05, 3.63) is 71.3 Å². The number of fused-ring (bicyclic) bond motifs is 3. The van der Waals surface area contributed by atoms with E-state index >= 15 is 0 Å². The number of carboxylic acid groups (broad SMARTS) is 1. The van der Waals surface area contributed by atoms with E-state index in [0.717, 1.165) is 11.1 Å². The van der Waals surface area contributed by atoms with Crippen LogP contribution < -0.4 is 5.32 Å². The maximum atomic E-state index is 12.9. The summed E-state index contributed by atoms with van der Waals surface area (Å²) in [6.07, 6.45) is 2.20. The van der Waals surface area contributed by atoms with Crippen LogP contribution in [0.2, 0.25) is 0 Å². The molecule has 0 bridgehead atoms. The Balaban J connectivity index is 1.15. The van der Waals surface area contributed by atoms with E-state index in [-0.39, 0.29) is 37.6 Å². The molecule has 2 aromatic carbocycles. The van der Waals surface area contributed by atoms with Crippen LogP contribution in [0.15, 0.2) is 60.2 Å². The van der Waals surface area contributed by atoms with E-state index in [0.29, 0.717) is 25.0 Å². The maximum Gasteiger partial charge on any atom is 0.407 e. The quantitative estimate of drug-likeness (QED) is 0.686. The van der Waals surface area contributed by atoms with E-state index < -0.39 is 17.7 Å². The van der Waals surface area contributed by atoms with Crippen molar-refractivity contribution in [3.63, 3.8) is 0 Å². The molecular weight excluding hydrogens is 448 g/mol. The highest BCUT2D eigenvalue weighted by Crippen LogP contribution is 2.44. The molecule has 1 saturated heterocycles. The van der Waals surface area contributed by atoms with Gasteiger partial charge in [0.25, 0.3) is 0 Å². The van der Waals surface area contributed by atoms with Crippen molar-refractivity contribution in [1.29, 1.82) is 0 Å². The fourth-order valence-electron chi connectivity index (χ4n) is 5.18. The maximum absolute atomic E-state index is 12.9. The average molecular weight is 477 g/mol. The minimum Gasteiger partial charge on any atom is -0.479 e. The molecule has 182 valence electrons. The summed E-state index contributed by atoms with van der Waals surface area (Å²) in [7, 11) is 0. The van der Waals surface area contributed by atoms with Crippen molar-refractivity contribution in [2.45, 2.75) is 37.3 Å². The summed E-state index contributed by atoms with van der Waals surface area (Å²) in [6, 6.07) is 16.1. The zero-order valence-corrected chi connectivity index (χ0v) is 19.5. The molecule has 0 spiro atoms. The van der Waals surface area contributed by atoms with E-state index in [1.54, 1.807) is 0 Å². The molecule has 8 nitrogen and oxygen atoms in total. The highest BCUT2D eigenvalue weighted by molar-refractivity contribution is 5.95. The van der Waals surface area contributed by atoms with Crippen LogP contribution in [-0.2, 0) is 19.1 Å². The molecule has 2 N–H and O–H groups in total. The minimum absolute atomic E-state index is 0.0109. The number of nitrogens with one attached hydrogen (secondary N) is 1. The number of carbonyl (C=O) groups is 3. The van der Waals surface area contributed by atoms with E-state index in [4.69, 9.17) is 9.47 Å². The average Bonchev–Trinajstić information content (AvgIpc) is 3.45. The Labute approximate surface area is 203 Å². The third-order valence-corrected chi connectivity index (χ3v) is 7.07. The normalized spacial score (nSPS) is 23.3. The predicted octanol–water partition coefficient (Wildman–Crippen LogP) is 3.32. The zero-order chi connectivity index (χ0) is 24.6. The van der Waals surface area contributed by atoms with Gasteiger partial charge in [0.15, 0.2) is 5.60 Å². The van der Waals surface area contributed by atoms with Gasteiger partial charge in [0, 0.05) is 24.1 Å². The van der Waals surface area contributed by atoms with Crippen LogP contribution in [0, 0.1) is 0 Å². The van der Waals surface area contributed by atoms with Gasteiger partial charge in [-0.2, -0.15) is 0 Å². The highest BCUT2D eigenvalue weighted by Gasteiger charge is 2.41. The van der Waals surface area contributed by atoms with Gasteiger partial charge in [0.2, 0.25) is 5.91 Å². The van der Waals surface area contributed by atoms with Crippen molar-refractivity contribution in [3.8, 4) is 11.1 Å². The number of alkyl carbamates (subject to hydrolysis) is 1. The number of rotatable bonds is 5. The van der Waals surface area contributed by atoms with Gasteiger partial charge >= 0.3 is 12.1 Å². The number of aliphatic carboxylic acids is 1. The van der Waals surface area contributed by atoms with E-state index in [9.17, 15) is 19.5 Å². The SMILES string of the molecule is CC1(C(=O)O)CN(C(=O)C2=CCC(NC(=O)OCC3c4ccccc4-c4ccccc43)C2)CCO1. The Kier molecular flexibility index (Phi) is 6.06. The standard InChI is InChI=1S/C27H28N2O6/c1-27(25(31)32)16-29(12-13-35-27)24(30)17-10-11-18(14-17)28-26(33)34-15-23-21-8-4-2-6-19(21)20-7-3-5-9-22(20)23/h2-10,18,23H,11-16H2,1H3,(H,28,33)(H,31,32). The van der Waals surface area contributed by atoms with Gasteiger partial charge in [-0.3, -0.25) is 4.79 Å². The summed E-state index contributed by atoms with van der Waals surface area (Å²) in [6.45, 7) is 2.20. The molecule has 0 saturated carbocycles. The Morgan fingerprint density at radius 1 is 1.11 bits per heavy atom. The van der Waals surface area contributed by atoms with Crippen molar-refractivity contribution >= 4 is 18.0 Å². The second-order valence-electron chi connectivity index (χ2n) is 9.45. The topological polar surface area (TPSA) is 105 Å². The smallest absolute Gasteiger partial charge is 0.407 e. The third-order valence-electron chi connectivity index (χ3n) is 7.07. The molecule has 0 radical (unpaired) electrons. The molecule has 1 aliphatic heterocycles. The number of benzene rings is 2. The number of hydrogen-bond acceptors (Lipinski definition) is 5. The Hall–Kier alpha value is -3.65. The van der Waals surface area contributed by atoms with Gasteiger partial charge in [0.1, 0.15) is 6.61 Å². The predicted molar refractivity (Wildman–Crippen MR) is 128 cm³/mol. The first kappa shape index (κ1) is 23.1. The molecular formula is C27H28N2O6. The van der Waals surface area contributed by atoms with E-state index in [1.165, 1.54) is 23.0 Å². The third kappa shape index (κ3) is 4.41. The van der Waals surface area contributed by atoms with E-state index in [2.05, 4.69) is 29.6 Å². The number of carboxylic acids is 1. The van der Waals surface area contributed by atoms with Crippen LogP contribution in [0.3, 0.4) is 0 Å². The number of ether oxygens (including phenoxy) is 2. The molecule has 1 heterocycles. The summed E-state index contributed by atoms with van der Waals surface area (Å²) in [5, 5.41) is 12.3. The zero-order valence-electron chi connectivity index (χ0n) is 19.5. The summed E-state index contributed by atoms with van der Waals surface area (Å²) in [4.78, 5) is 38.5. The molecule has 8 heteroatoms. The lowest BCUT2D eigenvalue weighted by atomic mass is 9.98. The molecule has 2 unspecified atom stereocenters. The van der Waals surface area contributed by atoms with Crippen LogP contribution >= 0.6 is 0 Å². The van der Waals surface area contributed by atoms with Gasteiger partial charge < -0.3 is 24.8 Å². The van der Waals surface area contributed by atoms with Gasteiger partial charge in [-0.15, -0.1) is 0 Å². The van der Waals surface area contributed by atoms with Crippen LogP contribution in [0.5, 0.6) is 0 Å². The van der Waals surface area contributed by atoms with Crippen molar-refractivity contribution in [1.82, 2.24) is 10.2 Å². The second kappa shape index (κ2) is 9.19. The summed E-state index contributed by atoms with van der Waals surface area (Å²) < 4.78 is 11.0. The van der Waals surface area contributed by atoms with Gasteiger partial charge in [-0.05, 0) is 42.0 Å². The van der Waals surface area contributed by atoms with Crippen LogP contribution in [-0.4, -0.2) is 65.9 Å². The van der Waals surface area contributed by atoms with Gasteiger partial charge in [0.05, 0.1) is 13.2 Å². The van der Waals surface area contributed by atoms with Gasteiger partial charge in [-0.1, -0.05) is 54.6 Å². The summed E-state index contributed by atoms with van der Waals surface area (Å²) >= 11 is 0. The van der Waals surface area contributed by atoms with Crippen LogP contribution in [0.4, 0.5) is 4.79 Å². The lowest BCUT2D eigenvalue weighted by molar-refractivity contribution is -0.176. The van der Waals surface area contributed by atoms with Crippen molar-refractivity contribution in [2.24, 2.45) is 0 Å². The lowest BCUT2D eigenvalue weighted by Gasteiger charge is -2.37. The largest absolute Gasteiger partial charge is 0.479 e. The van der Waals surface area contributed by atoms with Crippen molar-refractivity contribution in [2.75, 3.05) is 26.3 Å². The highest BCUT2D eigenvalue weighted by atomic mass is 16.5. The fraction of sp³-hybridized carbons (Fsp3) is 0.370.